The molecule has 1 heterocycles. The predicted octanol–water partition coefficient (Wildman–Crippen LogP) is -2.55. The van der Waals surface area contributed by atoms with Crippen molar-refractivity contribution in [3.8, 4) is 0 Å². The van der Waals surface area contributed by atoms with E-state index in [2.05, 4.69) is 0 Å². The van der Waals surface area contributed by atoms with E-state index in [-0.39, 0.29) is 0 Å². The molecule has 0 aromatic rings. The smallest absolute Gasteiger partial charge is 0.231 e. The van der Waals surface area contributed by atoms with Crippen molar-refractivity contribution in [1.82, 2.24) is 10.6 Å². The van der Waals surface area contributed by atoms with Crippen LogP contribution in [-0.4, -0.2) is 30.3 Å². The summed E-state index contributed by atoms with van der Waals surface area (Å²) in [7, 11) is -4.71. The molecule has 0 saturated carbocycles. The van der Waals surface area contributed by atoms with Crippen molar-refractivity contribution < 1.29 is 22.6 Å². The molecule has 1 saturated heterocycles. The molecule has 1 aliphatic rings. The Balaban J connectivity index is 2.82. The standard InChI is InChI=1S/C4H6N2O5S/c7-2-1-3(8)6-4(5-2)12(9,10)11/h4H,1H2,(H,5,7)(H,6,8)(H,9,10,11)/p-1. The van der Waals surface area contributed by atoms with Crippen molar-refractivity contribution in [2.45, 2.75) is 11.9 Å². The molecule has 0 spiro atoms. The van der Waals surface area contributed by atoms with Gasteiger partial charge in [0.15, 0.2) is 5.50 Å². The Morgan fingerprint density at radius 2 is 1.67 bits per heavy atom. The van der Waals surface area contributed by atoms with E-state index in [9.17, 15) is 22.6 Å². The van der Waals surface area contributed by atoms with Crippen LogP contribution in [0, 0.1) is 0 Å². The lowest BCUT2D eigenvalue weighted by Gasteiger charge is -2.26. The first-order valence-corrected chi connectivity index (χ1v) is 4.40. The quantitative estimate of drug-likeness (QED) is 0.351. The van der Waals surface area contributed by atoms with E-state index in [4.69, 9.17) is 0 Å². The lowest BCUT2D eigenvalue weighted by Crippen LogP contribution is -2.57. The Bertz CT molecular complexity index is 304. The Morgan fingerprint density at radius 1 is 1.25 bits per heavy atom. The SMILES string of the molecule is O=C1CC(=O)NC(S(=O)(=O)[O-])N1. The Labute approximate surface area is 67.9 Å². The van der Waals surface area contributed by atoms with E-state index >= 15 is 0 Å². The van der Waals surface area contributed by atoms with Crippen molar-refractivity contribution in [2.75, 3.05) is 0 Å². The van der Waals surface area contributed by atoms with Gasteiger partial charge in [0.2, 0.25) is 11.8 Å². The summed E-state index contributed by atoms with van der Waals surface area (Å²) in [6.07, 6.45) is -0.452. The Kier molecular flexibility index (Phi) is 2.02. The monoisotopic (exact) mass is 193 g/mol. The fourth-order valence-electron chi connectivity index (χ4n) is 0.721. The van der Waals surface area contributed by atoms with Gasteiger partial charge in [-0.25, -0.2) is 8.42 Å². The molecule has 0 radical (unpaired) electrons. The minimum atomic E-state index is -4.71. The average Bonchev–Trinajstić information content (AvgIpc) is 1.82. The van der Waals surface area contributed by atoms with Crippen molar-refractivity contribution >= 4 is 21.9 Å². The van der Waals surface area contributed by atoms with Crippen LogP contribution in [0.4, 0.5) is 0 Å². The fourth-order valence-corrected chi connectivity index (χ4v) is 1.27. The van der Waals surface area contributed by atoms with Gasteiger partial charge in [-0.3, -0.25) is 9.59 Å². The number of carbonyl (C=O) groups is 2. The molecular formula is C4H5N2O5S-. The highest BCUT2D eigenvalue weighted by atomic mass is 32.2. The molecule has 8 heteroatoms. The second-order valence-corrected chi connectivity index (χ2v) is 3.64. The van der Waals surface area contributed by atoms with E-state index in [1.165, 1.54) is 0 Å². The van der Waals surface area contributed by atoms with Crippen LogP contribution >= 0.6 is 0 Å². The normalized spacial score (nSPS) is 20.1. The number of carbonyl (C=O) groups excluding carboxylic acids is 2. The molecule has 0 bridgehead atoms. The molecule has 0 aromatic heterocycles. The van der Waals surface area contributed by atoms with Gasteiger partial charge in [0.25, 0.3) is 0 Å². The molecule has 1 aliphatic heterocycles. The summed E-state index contributed by atoms with van der Waals surface area (Å²) >= 11 is 0. The summed E-state index contributed by atoms with van der Waals surface area (Å²) < 4.78 is 30.9. The molecule has 1 fully saturated rings. The van der Waals surface area contributed by atoms with Gasteiger partial charge in [-0.1, -0.05) is 0 Å². The van der Waals surface area contributed by atoms with Crippen molar-refractivity contribution in [3.05, 3.63) is 0 Å². The first-order valence-electron chi connectivity index (χ1n) is 2.93. The molecule has 1 rings (SSSR count). The second kappa shape index (κ2) is 2.72. The predicted molar refractivity (Wildman–Crippen MR) is 34.4 cm³/mol. The fraction of sp³-hybridized carbons (Fsp3) is 0.500. The molecule has 68 valence electrons. The molecule has 0 aliphatic carbocycles. The van der Waals surface area contributed by atoms with E-state index in [0.29, 0.717) is 0 Å². The highest BCUT2D eigenvalue weighted by Gasteiger charge is 2.27. The third kappa shape index (κ3) is 1.92. The van der Waals surface area contributed by atoms with Crippen LogP contribution in [0.3, 0.4) is 0 Å². The summed E-state index contributed by atoms with van der Waals surface area (Å²) in [5.74, 6) is -1.55. The number of rotatable bonds is 1. The molecule has 2 amide bonds. The van der Waals surface area contributed by atoms with Crippen LogP contribution in [0.5, 0.6) is 0 Å². The van der Waals surface area contributed by atoms with Crippen LogP contribution in [0.2, 0.25) is 0 Å². The Morgan fingerprint density at radius 3 is 2.00 bits per heavy atom. The third-order valence-corrected chi connectivity index (χ3v) is 2.01. The van der Waals surface area contributed by atoms with Gasteiger partial charge in [0.05, 0.1) is 0 Å². The molecule has 0 unspecified atom stereocenters. The van der Waals surface area contributed by atoms with Crippen LogP contribution in [0.1, 0.15) is 6.42 Å². The zero-order valence-electron chi connectivity index (χ0n) is 5.73. The molecule has 7 nitrogen and oxygen atoms in total. The van der Waals surface area contributed by atoms with Crippen LogP contribution in [0.15, 0.2) is 0 Å². The highest BCUT2D eigenvalue weighted by molar-refractivity contribution is 7.86. The lowest BCUT2D eigenvalue weighted by molar-refractivity contribution is -0.133. The van der Waals surface area contributed by atoms with Gasteiger partial charge >= 0.3 is 0 Å². The topological polar surface area (TPSA) is 115 Å². The minimum Gasteiger partial charge on any atom is -0.745 e. The number of nitrogens with one attached hydrogen (secondary N) is 2. The van der Waals surface area contributed by atoms with Gasteiger partial charge in [0, 0.05) is 0 Å². The van der Waals surface area contributed by atoms with E-state index in [0.717, 1.165) is 0 Å². The third-order valence-electron chi connectivity index (χ3n) is 1.19. The highest BCUT2D eigenvalue weighted by Crippen LogP contribution is 1.97. The van der Waals surface area contributed by atoms with Gasteiger partial charge in [0.1, 0.15) is 16.5 Å². The van der Waals surface area contributed by atoms with Crippen molar-refractivity contribution in [2.24, 2.45) is 0 Å². The van der Waals surface area contributed by atoms with E-state index < -0.39 is 33.9 Å². The minimum absolute atomic E-state index is 0.452. The second-order valence-electron chi connectivity index (χ2n) is 2.18. The number of hydrogen-bond donors (Lipinski definition) is 2. The van der Waals surface area contributed by atoms with Crippen molar-refractivity contribution in [1.29, 1.82) is 0 Å². The van der Waals surface area contributed by atoms with Crippen LogP contribution < -0.4 is 10.6 Å². The maximum Gasteiger partial charge on any atom is 0.231 e. The van der Waals surface area contributed by atoms with Crippen LogP contribution in [-0.2, 0) is 19.7 Å². The molecule has 0 aromatic carbocycles. The first kappa shape index (κ1) is 8.94. The van der Waals surface area contributed by atoms with Gasteiger partial charge in [-0.15, -0.1) is 0 Å². The number of amides is 2. The summed E-state index contributed by atoms with van der Waals surface area (Å²) in [4.78, 5) is 21.1. The Hall–Kier alpha value is -1.15. The molecule has 2 N–H and O–H groups in total. The van der Waals surface area contributed by atoms with Gasteiger partial charge < -0.3 is 15.2 Å². The molecule has 12 heavy (non-hydrogen) atoms. The zero-order chi connectivity index (χ0) is 9.35. The lowest BCUT2D eigenvalue weighted by atomic mass is 10.3. The summed E-state index contributed by atoms with van der Waals surface area (Å²) in [6, 6.07) is 0. The number of hydrogen-bond acceptors (Lipinski definition) is 5. The summed E-state index contributed by atoms with van der Waals surface area (Å²) in [6.45, 7) is 0. The molecular weight excluding hydrogens is 188 g/mol. The molecule has 0 atom stereocenters. The van der Waals surface area contributed by atoms with Crippen LogP contribution in [0.25, 0.3) is 0 Å². The van der Waals surface area contributed by atoms with Crippen molar-refractivity contribution in [3.63, 3.8) is 0 Å². The maximum absolute atomic E-state index is 10.6. The van der Waals surface area contributed by atoms with Gasteiger partial charge in [-0.2, -0.15) is 0 Å². The zero-order valence-corrected chi connectivity index (χ0v) is 6.55. The summed E-state index contributed by atoms with van der Waals surface area (Å²) in [5, 5.41) is 3.63. The first-order chi connectivity index (χ1) is 5.39. The van der Waals surface area contributed by atoms with E-state index in [1.54, 1.807) is 0 Å². The van der Waals surface area contributed by atoms with Gasteiger partial charge in [-0.05, 0) is 0 Å². The summed E-state index contributed by atoms with van der Waals surface area (Å²) in [5.41, 5.74) is -1.83. The largest absolute Gasteiger partial charge is 0.745 e. The van der Waals surface area contributed by atoms with E-state index in [1.807, 2.05) is 10.6 Å². The average molecular weight is 193 g/mol. The maximum atomic E-state index is 10.6.